The highest BCUT2D eigenvalue weighted by molar-refractivity contribution is 5.85. The third-order valence-corrected chi connectivity index (χ3v) is 4.96. The molecule has 1 aliphatic heterocycles. The van der Waals surface area contributed by atoms with Gasteiger partial charge in [-0.2, -0.15) is 0 Å². The van der Waals surface area contributed by atoms with Crippen LogP contribution in [0.5, 0.6) is 0 Å². The van der Waals surface area contributed by atoms with Crippen molar-refractivity contribution in [1.82, 2.24) is 25.0 Å². The van der Waals surface area contributed by atoms with Crippen molar-refractivity contribution in [2.24, 2.45) is 7.05 Å². The van der Waals surface area contributed by atoms with Crippen LogP contribution in [0.25, 0.3) is 10.8 Å². The van der Waals surface area contributed by atoms with Crippen LogP contribution in [0.2, 0.25) is 0 Å². The number of hydrogen-bond acceptors (Lipinski definition) is 4. The number of aromatic nitrogens is 3. The van der Waals surface area contributed by atoms with E-state index in [4.69, 9.17) is 4.74 Å². The Morgan fingerprint density at radius 2 is 2.04 bits per heavy atom. The number of fused-ring (bicyclic) bond motifs is 1. The van der Waals surface area contributed by atoms with E-state index in [0.29, 0.717) is 19.7 Å². The number of benzene rings is 2. The summed E-state index contributed by atoms with van der Waals surface area (Å²) < 4.78 is 7.80. The largest absolute Gasteiger partial charge is 0.370 e. The van der Waals surface area contributed by atoms with Gasteiger partial charge in [-0.1, -0.05) is 42.5 Å². The highest BCUT2D eigenvalue weighted by Gasteiger charge is 2.32. The lowest BCUT2D eigenvalue weighted by atomic mass is 10.1. The molecule has 2 aromatic carbocycles. The highest BCUT2D eigenvalue weighted by atomic mass is 16.5. The van der Waals surface area contributed by atoms with Gasteiger partial charge in [0.1, 0.15) is 6.33 Å². The lowest BCUT2D eigenvalue weighted by Gasteiger charge is -2.39. The standard InChI is InChI=1S/C20H23N5O2/c1-14(19-23-21-13-24(19)2)22-20(26)25-10-17(11-25)27-12-16-8-5-7-15-6-3-4-9-18(15)16/h3-9,13-14,17H,10-12H2,1-2H3,(H,22,26)/t14-/m0/s1. The molecule has 3 aromatic rings. The summed E-state index contributed by atoms with van der Waals surface area (Å²) in [4.78, 5) is 14.1. The van der Waals surface area contributed by atoms with E-state index in [2.05, 4.69) is 45.8 Å². The van der Waals surface area contributed by atoms with Crippen LogP contribution in [0, 0.1) is 0 Å². The number of amides is 2. The minimum atomic E-state index is -0.194. The van der Waals surface area contributed by atoms with Gasteiger partial charge < -0.3 is 19.5 Å². The van der Waals surface area contributed by atoms with E-state index in [9.17, 15) is 4.79 Å². The normalized spacial score (nSPS) is 15.6. The summed E-state index contributed by atoms with van der Waals surface area (Å²) in [5, 5.41) is 13.3. The predicted octanol–water partition coefficient (Wildman–Crippen LogP) is 2.64. The molecule has 1 N–H and O–H groups in total. The first-order valence-electron chi connectivity index (χ1n) is 9.09. The average Bonchev–Trinajstić information content (AvgIpc) is 3.06. The molecule has 2 amide bonds. The SMILES string of the molecule is C[C@H](NC(=O)N1CC(OCc2cccc3ccccc23)C1)c1nncn1C. The molecule has 7 nitrogen and oxygen atoms in total. The highest BCUT2D eigenvalue weighted by Crippen LogP contribution is 2.21. The van der Waals surface area contributed by atoms with Gasteiger partial charge in [0.25, 0.3) is 0 Å². The summed E-state index contributed by atoms with van der Waals surface area (Å²) in [5.41, 5.74) is 1.17. The lowest BCUT2D eigenvalue weighted by molar-refractivity contribution is -0.0441. The van der Waals surface area contributed by atoms with Gasteiger partial charge in [0.05, 0.1) is 31.8 Å². The van der Waals surface area contributed by atoms with Crippen LogP contribution in [0.4, 0.5) is 4.79 Å². The molecule has 0 unspecified atom stereocenters. The fraction of sp³-hybridized carbons (Fsp3) is 0.350. The Hall–Kier alpha value is -2.93. The van der Waals surface area contributed by atoms with Gasteiger partial charge in [0.15, 0.2) is 5.82 Å². The Morgan fingerprint density at radius 1 is 1.26 bits per heavy atom. The minimum absolute atomic E-state index is 0.0693. The molecule has 0 aliphatic carbocycles. The van der Waals surface area contributed by atoms with E-state index in [1.165, 1.54) is 16.3 Å². The van der Waals surface area contributed by atoms with Crippen LogP contribution in [0.1, 0.15) is 24.4 Å². The molecular formula is C20H23N5O2. The second-order valence-corrected chi connectivity index (χ2v) is 6.95. The van der Waals surface area contributed by atoms with E-state index in [0.717, 1.165) is 5.82 Å². The summed E-state index contributed by atoms with van der Waals surface area (Å²) in [6, 6.07) is 14.2. The second kappa shape index (κ2) is 7.36. The number of nitrogens with zero attached hydrogens (tertiary/aromatic N) is 4. The Bertz CT molecular complexity index is 943. The first-order valence-corrected chi connectivity index (χ1v) is 9.09. The zero-order valence-electron chi connectivity index (χ0n) is 15.5. The Labute approximate surface area is 157 Å². The molecule has 1 atom stereocenters. The number of hydrogen-bond donors (Lipinski definition) is 1. The number of aryl methyl sites for hydroxylation is 1. The third kappa shape index (κ3) is 3.64. The molecule has 1 aromatic heterocycles. The van der Waals surface area contributed by atoms with Crippen molar-refractivity contribution in [3.05, 3.63) is 60.2 Å². The van der Waals surface area contributed by atoms with Crippen molar-refractivity contribution in [1.29, 1.82) is 0 Å². The van der Waals surface area contributed by atoms with Crippen molar-refractivity contribution in [3.63, 3.8) is 0 Å². The minimum Gasteiger partial charge on any atom is -0.370 e. The van der Waals surface area contributed by atoms with Crippen molar-refractivity contribution in [3.8, 4) is 0 Å². The molecule has 0 radical (unpaired) electrons. The summed E-state index contributed by atoms with van der Waals surface area (Å²) in [7, 11) is 1.86. The zero-order valence-corrected chi connectivity index (χ0v) is 15.5. The fourth-order valence-electron chi connectivity index (χ4n) is 3.36. The van der Waals surface area contributed by atoms with Gasteiger partial charge in [-0.3, -0.25) is 0 Å². The molecular weight excluding hydrogens is 342 g/mol. The molecule has 1 aliphatic rings. The molecule has 7 heteroatoms. The summed E-state index contributed by atoms with van der Waals surface area (Å²) in [5.74, 6) is 0.729. The van der Waals surface area contributed by atoms with Gasteiger partial charge in [-0.05, 0) is 23.3 Å². The summed E-state index contributed by atoms with van der Waals surface area (Å²) in [6.45, 7) is 3.65. The van der Waals surface area contributed by atoms with Crippen LogP contribution in [0.3, 0.4) is 0 Å². The first kappa shape index (κ1) is 17.5. The maximum atomic E-state index is 12.3. The van der Waals surface area contributed by atoms with Crippen LogP contribution in [-0.2, 0) is 18.4 Å². The first-order chi connectivity index (χ1) is 13.1. The number of carbonyl (C=O) groups excluding carboxylic acids is 1. The molecule has 27 heavy (non-hydrogen) atoms. The number of carbonyl (C=O) groups is 1. The van der Waals surface area contributed by atoms with Crippen molar-refractivity contribution < 1.29 is 9.53 Å². The van der Waals surface area contributed by atoms with Crippen LogP contribution < -0.4 is 5.32 Å². The van der Waals surface area contributed by atoms with E-state index in [1.807, 2.05) is 26.1 Å². The second-order valence-electron chi connectivity index (χ2n) is 6.95. The number of ether oxygens (including phenoxy) is 1. The van der Waals surface area contributed by atoms with Gasteiger partial charge in [-0.15, -0.1) is 10.2 Å². The molecule has 140 valence electrons. The van der Waals surface area contributed by atoms with Gasteiger partial charge in [-0.25, -0.2) is 4.79 Å². The molecule has 0 bridgehead atoms. The average molecular weight is 365 g/mol. The molecule has 1 saturated heterocycles. The summed E-state index contributed by atoms with van der Waals surface area (Å²) >= 11 is 0. The lowest BCUT2D eigenvalue weighted by Crippen LogP contribution is -2.57. The zero-order chi connectivity index (χ0) is 18.8. The van der Waals surface area contributed by atoms with Crippen molar-refractivity contribution in [2.45, 2.75) is 25.7 Å². The van der Waals surface area contributed by atoms with E-state index in [-0.39, 0.29) is 18.2 Å². The molecule has 0 saturated carbocycles. The molecule has 2 heterocycles. The van der Waals surface area contributed by atoms with Crippen molar-refractivity contribution >= 4 is 16.8 Å². The van der Waals surface area contributed by atoms with Gasteiger partial charge in [0, 0.05) is 7.05 Å². The smallest absolute Gasteiger partial charge is 0.318 e. The molecule has 0 spiro atoms. The monoisotopic (exact) mass is 365 g/mol. The topological polar surface area (TPSA) is 72.3 Å². The Morgan fingerprint density at radius 3 is 2.81 bits per heavy atom. The van der Waals surface area contributed by atoms with E-state index >= 15 is 0 Å². The summed E-state index contributed by atoms with van der Waals surface area (Å²) in [6.07, 6.45) is 1.69. The number of likely N-dealkylation sites (tertiary alicyclic amines) is 1. The fourth-order valence-corrected chi connectivity index (χ4v) is 3.36. The van der Waals surface area contributed by atoms with Crippen LogP contribution >= 0.6 is 0 Å². The van der Waals surface area contributed by atoms with E-state index < -0.39 is 0 Å². The van der Waals surface area contributed by atoms with Gasteiger partial charge in [0.2, 0.25) is 0 Å². The third-order valence-electron chi connectivity index (χ3n) is 4.96. The Balaban J connectivity index is 1.27. The van der Waals surface area contributed by atoms with Crippen LogP contribution in [0.15, 0.2) is 48.8 Å². The van der Waals surface area contributed by atoms with Gasteiger partial charge >= 0.3 is 6.03 Å². The van der Waals surface area contributed by atoms with E-state index in [1.54, 1.807) is 15.8 Å². The van der Waals surface area contributed by atoms with Crippen LogP contribution in [-0.4, -0.2) is 44.9 Å². The molecule has 1 fully saturated rings. The quantitative estimate of drug-likeness (QED) is 0.754. The molecule has 4 rings (SSSR count). The number of rotatable bonds is 5. The Kier molecular flexibility index (Phi) is 4.77. The number of urea groups is 1. The number of nitrogens with one attached hydrogen (secondary N) is 1. The van der Waals surface area contributed by atoms with Crippen molar-refractivity contribution in [2.75, 3.05) is 13.1 Å². The maximum absolute atomic E-state index is 12.3. The maximum Gasteiger partial charge on any atom is 0.318 e. The predicted molar refractivity (Wildman–Crippen MR) is 102 cm³/mol.